The highest BCUT2D eigenvalue weighted by Crippen LogP contribution is 2.28. The van der Waals surface area contributed by atoms with Gasteiger partial charge >= 0.3 is 12.1 Å². The van der Waals surface area contributed by atoms with Crippen LogP contribution in [0.15, 0.2) is 0 Å². The van der Waals surface area contributed by atoms with E-state index in [1.54, 1.807) is 27.7 Å². The number of carbonyl (C=O) groups is 3. The molecule has 0 heterocycles. The number of ether oxygens (including phenoxy) is 2. The van der Waals surface area contributed by atoms with Gasteiger partial charge in [-0.15, -0.1) is 0 Å². The van der Waals surface area contributed by atoms with Gasteiger partial charge in [0, 0.05) is 11.0 Å². The predicted octanol–water partition coefficient (Wildman–Crippen LogP) is 4.38. The molecule has 32 heavy (non-hydrogen) atoms. The number of nitrogens with one attached hydrogen (secondary N) is 1. The molecule has 0 aromatic carbocycles. The summed E-state index contributed by atoms with van der Waals surface area (Å²) in [5.74, 6) is -1.49. The molecule has 9 heteroatoms. The molecule has 8 nitrogen and oxygen atoms in total. The van der Waals surface area contributed by atoms with Crippen molar-refractivity contribution in [1.29, 1.82) is 0 Å². The van der Waals surface area contributed by atoms with Gasteiger partial charge in [-0.1, -0.05) is 48.8 Å². The summed E-state index contributed by atoms with van der Waals surface area (Å²) in [7, 11) is 0. The number of nitrogens with zero attached hydrogens (tertiary/aromatic N) is 1. The Morgan fingerprint density at radius 1 is 1.12 bits per heavy atom. The number of carboxylic acid groups (broad SMARTS) is 1. The molecular formula is C23H41IN2O6. The fourth-order valence-electron chi connectivity index (χ4n) is 3.87. The maximum atomic E-state index is 13.7. The molecule has 2 N–H and O–H groups in total. The molecule has 0 unspecified atom stereocenters. The summed E-state index contributed by atoms with van der Waals surface area (Å²) < 4.78 is 12.1. The standard InChI is InChI=1S/C23H41IN2O6/c1-7-17(20(28)29)26(13-14-31-23(5,6)15-24)19(27)18(16-11-9-8-10-12-16)25-21(30)32-22(2,3)4/h16-18H,7-15H2,1-6H3,(H,25,30)(H,28,29)/t17-,18-/m0/s1. The van der Waals surface area contributed by atoms with Gasteiger partial charge in [0.15, 0.2) is 0 Å². The smallest absolute Gasteiger partial charge is 0.408 e. The predicted molar refractivity (Wildman–Crippen MR) is 132 cm³/mol. The second kappa shape index (κ2) is 13.0. The minimum absolute atomic E-state index is 0.0516. The SMILES string of the molecule is CC[C@@H](C(=O)O)N(CCOC(C)(C)CI)C(=O)[C@@H](NC(=O)OC(C)(C)C)C1CCCCC1. The lowest BCUT2D eigenvalue weighted by Crippen LogP contribution is -2.57. The number of halogens is 1. The minimum Gasteiger partial charge on any atom is -0.480 e. The highest BCUT2D eigenvalue weighted by molar-refractivity contribution is 14.1. The van der Waals surface area contributed by atoms with Crippen LogP contribution in [0.3, 0.4) is 0 Å². The van der Waals surface area contributed by atoms with E-state index in [4.69, 9.17) is 9.47 Å². The molecule has 0 radical (unpaired) electrons. The number of aliphatic carboxylic acids is 1. The normalized spacial score (nSPS) is 17.3. The molecule has 0 aromatic rings. The summed E-state index contributed by atoms with van der Waals surface area (Å²) in [5.41, 5.74) is -1.08. The first-order valence-corrected chi connectivity index (χ1v) is 13.1. The first-order chi connectivity index (χ1) is 14.8. The van der Waals surface area contributed by atoms with E-state index in [9.17, 15) is 19.5 Å². The molecule has 2 amide bonds. The second-order valence-corrected chi connectivity index (χ2v) is 10.8. The number of hydrogen-bond acceptors (Lipinski definition) is 5. The number of carboxylic acids is 1. The zero-order chi connectivity index (χ0) is 24.5. The fourth-order valence-corrected chi connectivity index (χ4v) is 4.09. The van der Waals surface area contributed by atoms with Crippen LogP contribution in [0.2, 0.25) is 0 Å². The van der Waals surface area contributed by atoms with Gasteiger partial charge in [-0.05, 0) is 59.8 Å². The third-order valence-corrected chi connectivity index (χ3v) is 7.37. The Kier molecular flexibility index (Phi) is 11.7. The summed E-state index contributed by atoms with van der Waals surface area (Å²) >= 11 is 2.23. The number of hydrogen-bond donors (Lipinski definition) is 2. The van der Waals surface area contributed by atoms with Crippen molar-refractivity contribution in [2.75, 3.05) is 17.6 Å². The average Bonchev–Trinajstić information content (AvgIpc) is 2.70. The van der Waals surface area contributed by atoms with Crippen molar-refractivity contribution in [3.05, 3.63) is 0 Å². The maximum absolute atomic E-state index is 13.7. The van der Waals surface area contributed by atoms with E-state index in [0.717, 1.165) is 36.5 Å². The van der Waals surface area contributed by atoms with E-state index >= 15 is 0 Å². The molecule has 0 saturated heterocycles. The Hall–Kier alpha value is -1.10. The van der Waals surface area contributed by atoms with Gasteiger partial charge in [0.05, 0.1) is 12.2 Å². The van der Waals surface area contributed by atoms with Crippen LogP contribution in [-0.2, 0) is 19.1 Å². The molecule has 1 fully saturated rings. The van der Waals surface area contributed by atoms with Crippen LogP contribution in [0, 0.1) is 5.92 Å². The van der Waals surface area contributed by atoms with Crippen molar-refractivity contribution in [3.63, 3.8) is 0 Å². The molecule has 1 aliphatic rings. The Balaban J connectivity index is 3.13. The van der Waals surface area contributed by atoms with Gasteiger partial charge in [0.2, 0.25) is 5.91 Å². The Morgan fingerprint density at radius 2 is 1.72 bits per heavy atom. The van der Waals surface area contributed by atoms with Gasteiger partial charge in [-0.3, -0.25) is 4.79 Å². The van der Waals surface area contributed by atoms with Crippen LogP contribution in [0.25, 0.3) is 0 Å². The van der Waals surface area contributed by atoms with Gasteiger partial charge in [-0.25, -0.2) is 9.59 Å². The van der Waals surface area contributed by atoms with Crippen LogP contribution in [0.4, 0.5) is 4.79 Å². The van der Waals surface area contributed by atoms with Crippen molar-refractivity contribution >= 4 is 40.6 Å². The number of carbonyl (C=O) groups excluding carboxylic acids is 2. The highest BCUT2D eigenvalue weighted by atomic mass is 127. The Bertz CT molecular complexity index is 628. The lowest BCUT2D eigenvalue weighted by molar-refractivity contribution is -0.153. The van der Waals surface area contributed by atoms with Crippen LogP contribution in [-0.4, -0.2) is 68.8 Å². The van der Waals surface area contributed by atoms with E-state index in [0.29, 0.717) is 0 Å². The maximum Gasteiger partial charge on any atom is 0.408 e. The van der Waals surface area contributed by atoms with Crippen molar-refractivity contribution in [2.45, 2.75) is 103 Å². The summed E-state index contributed by atoms with van der Waals surface area (Å²) in [4.78, 5) is 39.6. The van der Waals surface area contributed by atoms with Crippen molar-refractivity contribution in [1.82, 2.24) is 10.2 Å². The first kappa shape index (κ1) is 28.9. The lowest BCUT2D eigenvalue weighted by atomic mass is 9.83. The fraction of sp³-hybridized carbons (Fsp3) is 0.870. The third-order valence-electron chi connectivity index (χ3n) is 5.54. The first-order valence-electron chi connectivity index (χ1n) is 11.5. The quantitative estimate of drug-likeness (QED) is 0.283. The van der Waals surface area contributed by atoms with Gasteiger partial charge in [0.1, 0.15) is 17.7 Å². The van der Waals surface area contributed by atoms with E-state index < -0.39 is 29.7 Å². The van der Waals surface area contributed by atoms with E-state index in [1.807, 2.05) is 13.8 Å². The molecule has 0 aromatic heterocycles. The summed E-state index contributed by atoms with van der Waals surface area (Å²) in [6, 6.07) is -1.81. The van der Waals surface area contributed by atoms with Crippen LogP contribution >= 0.6 is 22.6 Å². The summed E-state index contributed by atoms with van der Waals surface area (Å²) in [5, 5.41) is 12.5. The molecule has 0 bridgehead atoms. The van der Waals surface area contributed by atoms with Gasteiger partial charge < -0.3 is 24.8 Å². The van der Waals surface area contributed by atoms with Crippen molar-refractivity contribution in [2.24, 2.45) is 5.92 Å². The Labute approximate surface area is 206 Å². The molecule has 1 rings (SSSR count). The summed E-state index contributed by atoms with van der Waals surface area (Å²) in [6.07, 6.45) is 4.28. The minimum atomic E-state index is -1.06. The molecule has 1 aliphatic carbocycles. The average molecular weight is 568 g/mol. The summed E-state index contributed by atoms with van der Waals surface area (Å²) in [6.45, 7) is 11.3. The van der Waals surface area contributed by atoms with Crippen LogP contribution in [0.5, 0.6) is 0 Å². The topological polar surface area (TPSA) is 105 Å². The number of amides is 2. The number of alkyl halides is 1. The van der Waals surface area contributed by atoms with Crippen molar-refractivity contribution < 1.29 is 29.0 Å². The molecule has 1 saturated carbocycles. The molecule has 0 spiro atoms. The zero-order valence-corrected chi connectivity index (χ0v) is 22.6. The third kappa shape index (κ3) is 9.80. The number of rotatable bonds is 11. The molecule has 0 aliphatic heterocycles. The van der Waals surface area contributed by atoms with Crippen LogP contribution in [0.1, 0.15) is 80.1 Å². The van der Waals surface area contributed by atoms with Gasteiger partial charge in [0.25, 0.3) is 0 Å². The van der Waals surface area contributed by atoms with E-state index in [2.05, 4.69) is 27.9 Å². The highest BCUT2D eigenvalue weighted by Gasteiger charge is 2.38. The molecule has 186 valence electrons. The Morgan fingerprint density at radius 3 is 2.19 bits per heavy atom. The largest absolute Gasteiger partial charge is 0.480 e. The second-order valence-electron chi connectivity index (χ2n) is 10.1. The molecule has 2 atom stereocenters. The molecular weight excluding hydrogens is 527 g/mol. The van der Waals surface area contributed by atoms with Gasteiger partial charge in [-0.2, -0.15) is 0 Å². The number of alkyl carbamates (subject to hydrolysis) is 1. The lowest BCUT2D eigenvalue weighted by Gasteiger charge is -2.37. The van der Waals surface area contributed by atoms with E-state index in [-0.39, 0.29) is 37.0 Å². The van der Waals surface area contributed by atoms with Crippen LogP contribution < -0.4 is 5.32 Å². The zero-order valence-electron chi connectivity index (χ0n) is 20.4. The monoisotopic (exact) mass is 568 g/mol. The van der Waals surface area contributed by atoms with E-state index in [1.165, 1.54) is 4.90 Å². The van der Waals surface area contributed by atoms with Crippen molar-refractivity contribution in [3.8, 4) is 0 Å².